The molecule has 1 heterocycles. The van der Waals surface area contributed by atoms with Crippen LogP contribution < -0.4 is 0 Å². The van der Waals surface area contributed by atoms with Crippen molar-refractivity contribution in [2.75, 3.05) is 0 Å². The van der Waals surface area contributed by atoms with Crippen molar-refractivity contribution in [3.05, 3.63) is 75.1 Å². The fourth-order valence-electron chi connectivity index (χ4n) is 2.00. The van der Waals surface area contributed by atoms with Crippen molar-refractivity contribution in [2.24, 2.45) is 0 Å². The second kappa shape index (κ2) is 6.82. The molecule has 1 aromatic heterocycles. The molecule has 24 heavy (non-hydrogen) atoms. The Hall–Kier alpha value is -2.70. The highest BCUT2D eigenvalue weighted by Crippen LogP contribution is 2.26. The monoisotopic (exact) mass is 361 g/mol. The lowest BCUT2D eigenvalue weighted by Gasteiger charge is -1.96. The van der Waals surface area contributed by atoms with E-state index in [-0.39, 0.29) is 16.6 Å². The van der Waals surface area contributed by atoms with Crippen molar-refractivity contribution in [2.45, 2.75) is 0 Å². The Morgan fingerprint density at radius 1 is 1.21 bits per heavy atom. The number of benzene rings is 2. The van der Waals surface area contributed by atoms with Gasteiger partial charge >= 0.3 is 0 Å². The number of halogens is 2. The van der Waals surface area contributed by atoms with Crippen molar-refractivity contribution in [1.82, 2.24) is 10.1 Å². The van der Waals surface area contributed by atoms with Gasteiger partial charge in [-0.25, -0.2) is 0 Å². The highest BCUT2D eigenvalue weighted by molar-refractivity contribution is 6.50. The summed E-state index contributed by atoms with van der Waals surface area (Å²) in [6.07, 6.45) is 1.52. The van der Waals surface area contributed by atoms with Crippen LogP contribution in [0.3, 0.4) is 0 Å². The largest absolute Gasteiger partial charge is 0.333 e. The Morgan fingerprint density at radius 2 is 2.00 bits per heavy atom. The van der Waals surface area contributed by atoms with Gasteiger partial charge in [-0.2, -0.15) is 4.98 Å². The Labute approximate surface area is 146 Å². The number of aromatic nitrogens is 2. The lowest BCUT2D eigenvalue weighted by atomic mass is 10.2. The molecule has 0 aliphatic heterocycles. The fourth-order valence-corrected chi connectivity index (χ4v) is 2.39. The number of nitrogens with zero attached hydrogens (tertiary/aromatic N) is 3. The van der Waals surface area contributed by atoms with Crippen molar-refractivity contribution >= 4 is 40.0 Å². The predicted molar refractivity (Wildman–Crippen MR) is 91.6 cm³/mol. The van der Waals surface area contributed by atoms with Crippen LogP contribution >= 0.6 is 23.2 Å². The number of non-ortho nitro benzene ring substituents is 1. The number of hydrogen-bond donors (Lipinski definition) is 0. The second-order valence-corrected chi connectivity index (χ2v) is 5.62. The van der Waals surface area contributed by atoms with E-state index < -0.39 is 4.92 Å². The van der Waals surface area contributed by atoms with E-state index in [2.05, 4.69) is 10.1 Å². The second-order valence-electron chi connectivity index (χ2n) is 4.78. The lowest BCUT2D eigenvalue weighted by Crippen LogP contribution is -1.87. The SMILES string of the molecule is O=[N+]([O-])c1cccc(/C=C(\Cl)c2nc(-c3cccc(Cl)c3)no2)c1. The van der Waals surface area contributed by atoms with Gasteiger partial charge in [-0.15, -0.1) is 0 Å². The van der Waals surface area contributed by atoms with Gasteiger partial charge in [0, 0.05) is 22.7 Å². The minimum absolute atomic E-state index is 0.0293. The van der Waals surface area contributed by atoms with Crippen LogP contribution in [0.4, 0.5) is 5.69 Å². The van der Waals surface area contributed by atoms with E-state index in [1.54, 1.807) is 36.4 Å². The summed E-state index contributed by atoms with van der Waals surface area (Å²) in [4.78, 5) is 14.5. The van der Waals surface area contributed by atoms with Gasteiger partial charge in [-0.05, 0) is 23.8 Å². The minimum atomic E-state index is -0.477. The molecule has 0 radical (unpaired) electrons. The van der Waals surface area contributed by atoms with Gasteiger partial charge < -0.3 is 4.52 Å². The van der Waals surface area contributed by atoms with E-state index in [1.807, 2.05) is 0 Å². The molecule has 0 saturated carbocycles. The van der Waals surface area contributed by atoms with Crippen molar-refractivity contribution in [3.63, 3.8) is 0 Å². The summed E-state index contributed by atoms with van der Waals surface area (Å²) in [6.45, 7) is 0. The van der Waals surface area contributed by atoms with E-state index >= 15 is 0 Å². The van der Waals surface area contributed by atoms with Crippen molar-refractivity contribution in [3.8, 4) is 11.4 Å². The lowest BCUT2D eigenvalue weighted by molar-refractivity contribution is -0.384. The standard InChI is InChI=1S/C16H9Cl2N3O3/c17-12-5-2-4-11(9-12)15-19-16(24-20-15)14(18)8-10-3-1-6-13(7-10)21(22)23/h1-9H/b14-8-. The molecule has 0 unspecified atom stereocenters. The van der Waals surface area contributed by atoms with Crippen LogP contribution in [-0.4, -0.2) is 15.1 Å². The van der Waals surface area contributed by atoms with Crippen LogP contribution in [0.2, 0.25) is 5.02 Å². The first-order valence-electron chi connectivity index (χ1n) is 6.74. The summed E-state index contributed by atoms with van der Waals surface area (Å²) in [6, 6.07) is 13.1. The summed E-state index contributed by atoms with van der Waals surface area (Å²) in [5, 5.41) is 15.4. The van der Waals surface area contributed by atoms with Crippen molar-refractivity contribution in [1.29, 1.82) is 0 Å². The van der Waals surface area contributed by atoms with Gasteiger partial charge in [-0.3, -0.25) is 10.1 Å². The average molecular weight is 362 g/mol. The minimum Gasteiger partial charge on any atom is -0.333 e. The summed E-state index contributed by atoms with van der Waals surface area (Å²) in [5.74, 6) is 0.455. The number of nitro benzene ring substituents is 1. The highest BCUT2D eigenvalue weighted by atomic mass is 35.5. The third-order valence-corrected chi connectivity index (χ3v) is 3.59. The van der Waals surface area contributed by atoms with E-state index in [9.17, 15) is 10.1 Å². The van der Waals surface area contributed by atoms with Crippen LogP contribution in [0.15, 0.2) is 53.1 Å². The third-order valence-electron chi connectivity index (χ3n) is 3.09. The summed E-state index contributed by atoms with van der Waals surface area (Å²) in [7, 11) is 0. The molecule has 0 aliphatic carbocycles. The zero-order chi connectivity index (χ0) is 17.1. The maximum Gasteiger partial charge on any atom is 0.270 e. The molecule has 0 fully saturated rings. The molecule has 0 aliphatic rings. The molecular formula is C16H9Cl2N3O3. The number of rotatable bonds is 4. The van der Waals surface area contributed by atoms with E-state index in [0.29, 0.717) is 22.0 Å². The molecule has 0 bridgehead atoms. The molecule has 120 valence electrons. The van der Waals surface area contributed by atoms with Crippen LogP contribution in [0.5, 0.6) is 0 Å². The van der Waals surface area contributed by atoms with Crippen LogP contribution in [0.1, 0.15) is 11.5 Å². The van der Waals surface area contributed by atoms with E-state index in [4.69, 9.17) is 27.7 Å². The molecule has 0 atom stereocenters. The molecule has 0 amide bonds. The first kappa shape index (κ1) is 16.2. The first-order valence-corrected chi connectivity index (χ1v) is 7.50. The summed E-state index contributed by atoms with van der Waals surface area (Å²) < 4.78 is 5.13. The van der Waals surface area contributed by atoms with Gasteiger partial charge in [0.1, 0.15) is 5.03 Å². The Morgan fingerprint density at radius 3 is 2.75 bits per heavy atom. The molecule has 0 spiro atoms. The maximum atomic E-state index is 10.8. The van der Waals surface area contributed by atoms with Gasteiger partial charge in [-0.1, -0.05) is 52.6 Å². The highest BCUT2D eigenvalue weighted by Gasteiger charge is 2.12. The Kier molecular flexibility index (Phi) is 4.59. The zero-order valence-electron chi connectivity index (χ0n) is 12.0. The van der Waals surface area contributed by atoms with Gasteiger partial charge in [0.2, 0.25) is 5.82 Å². The molecule has 2 aromatic carbocycles. The molecule has 8 heteroatoms. The molecular weight excluding hydrogens is 353 g/mol. The van der Waals surface area contributed by atoms with Gasteiger partial charge in [0.25, 0.3) is 11.6 Å². The Balaban J connectivity index is 1.89. The normalized spacial score (nSPS) is 11.5. The van der Waals surface area contributed by atoms with Crippen LogP contribution in [-0.2, 0) is 0 Å². The summed E-state index contributed by atoms with van der Waals surface area (Å²) >= 11 is 12.1. The number of nitro groups is 1. The molecule has 0 N–H and O–H groups in total. The molecule has 3 rings (SSSR count). The average Bonchev–Trinajstić information content (AvgIpc) is 3.05. The molecule has 6 nitrogen and oxygen atoms in total. The zero-order valence-corrected chi connectivity index (χ0v) is 13.5. The smallest absolute Gasteiger partial charge is 0.270 e. The van der Waals surface area contributed by atoms with Crippen molar-refractivity contribution < 1.29 is 9.45 Å². The Bertz CT molecular complexity index is 938. The third kappa shape index (κ3) is 3.61. The van der Waals surface area contributed by atoms with E-state index in [1.165, 1.54) is 18.2 Å². The fraction of sp³-hybridized carbons (Fsp3) is 0. The molecule has 0 saturated heterocycles. The van der Waals surface area contributed by atoms with Gasteiger partial charge in [0.15, 0.2) is 0 Å². The van der Waals surface area contributed by atoms with Crippen LogP contribution in [0.25, 0.3) is 22.5 Å². The first-order chi connectivity index (χ1) is 11.5. The maximum absolute atomic E-state index is 10.8. The predicted octanol–water partition coefficient (Wildman–Crippen LogP) is 5.04. The van der Waals surface area contributed by atoms with E-state index in [0.717, 1.165) is 0 Å². The number of hydrogen-bond acceptors (Lipinski definition) is 5. The summed E-state index contributed by atoms with van der Waals surface area (Å²) in [5.41, 5.74) is 1.22. The molecule has 3 aromatic rings. The topological polar surface area (TPSA) is 82.1 Å². The quantitative estimate of drug-likeness (QED) is 0.480. The van der Waals surface area contributed by atoms with Gasteiger partial charge in [0.05, 0.1) is 4.92 Å². The van der Waals surface area contributed by atoms with Crippen LogP contribution in [0, 0.1) is 10.1 Å².